The Bertz CT molecular complexity index is 1420. The number of nitrogens with one attached hydrogen (secondary N) is 3. The summed E-state index contributed by atoms with van der Waals surface area (Å²) >= 11 is 0. The number of amides is 4. The topological polar surface area (TPSA) is 148 Å². The molecule has 2 spiro atoms. The van der Waals surface area contributed by atoms with Gasteiger partial charge < -0.3 is 26.0 Å². The summed E-state index contributed by atoms with van der Waals surface area (Å²) in [5.74, 6) is -2.95. The minimum atomic E-state index is -1.42. The van der Waals surface area contributed by atoms with Gasteiger partial charge in [-0.05, 0) is 80.6 Å². The Labute approximate surface area is 299 Å². The SMILES string of the molecule is C=C[C@@H]1C[C@]1(NC(=O)[C@@H]1C[C@@]2(CN1C(=O)[C@@H](NC(=O)[C@@H](NC(=O)[C@@H]1CCCCN1C(C)C)C(C)(C)C)C(C)(C)C)C(C)(C)C21CCC1)C(=O)O. The summed E-state index contributed by atoms with van der Waals surface area (Å²) in [6, 6.07) is -2.93. The Morgan fingerprint density at radius 2 is 1.46 bits per heavy atom. The Kier molecular flexibility index (Phi) is 9.66. The molecule has 7 atom stereocenters. The van der Waals surface area contributed by atoms with Crippen molar-refractivity contribution in [3.63, 3.8) is 0 Å². The molecule has 280 valence electrons. The molecule has 5 aliphatic rings. The number of hydrogen-bond acceptors (Lipinski definition) is 6. The highest BCUT2D eigenvalue weighted by Crippen LogP contribution is 2.88. The molecule has 2 saturated heterocycles. The summed E-state index contributed by atoms with van der Waals surface area (Å²) in [6.45, 7) is 24.9. The number of fused-ring (bicyclic) bond motifs is 1. The summed E-state index contributed by atoms with van der Waals surface area (Å²) in [7, 11) is 0. The molecule has 11 nitrogen and oxygen atoms in total. The number of likely N-dealkylation sites (tertiary alicyclic amines) is 2. The van der Waals surface area contributed by atoms with Crippen LogP contribution >= 0.6 is 0 Å². The van der Waals surface area contributed by atoms with Crippen LogP contribution in [0.2, 0.25) is 0 Å². The van der Waals surface area contributed by atoms with E-state index < -0.39 is 52.3 Å². The van der Waals surface area contributed by atoms with E-state index in [9.17, 15) is 29.1 Å². The zero-order valence-electron chi connectivity index (χ0n) is 32.2. The van der Waals surface area contributed by atoms with Crippen molar-refractivity contribution in [3.8, 4) is 0 Å². The van der Waals surface area contributed by atoms with Gasteiger partial charge in [-0.15, -0.1) is 6.58 Å². The van der Waals surface area contributed by atoms with E-state index in [1.165, 1.54) is 0 Å². The van der Waals surface area contributed by atoms with Crippen molar-refractivity contribution in [3.05, 3.63) is 12.7 Å². The number of hydrogen-bond donors (Lipinski definition) is 4. The van der Waals surface area contributed by atoms with Crippen molar-refractivity contribution in [1.29, 1.82) is 0 Å². The monoisotopic (exact) mass is 697 g/mol. The van der Waals surface area contributed by atoms with Gasteiger partial charge in [-0.25, -0.2) is 4.79 Å². The van der Waals surface area contributed by atoms with Crippen LogP contribution in [0, 0.1) is 33.0 Å². The van der Waals surface area contributed by atoms with E-state index in [1.807, 2.05) is 41.5 Å². The first-order chi connectivity index (χ1) is 23.0. The summed E-state index contributed by atoms with van der Waals surface area (Å²) < 4.78 is 0. The van der Waals surface area contributed by atoms with Gasteiger partial charge >= 0.3 is 5.97 Å². The van der Waals surface area contributed by atoms with Crippen LogP contribution in [0.15, 0.2) is 12.7 Å². The molecule has 0 aromatic heterocycles. The van der Waals surface area contributed by atoms with Gasteiger partial charge in [0, 0.05) is 23.9 Å². The van der Waals surface area contributed by atoms with E-state index in [1.54, 1.807) is 11.0 Å². The van der Waals surface area contributed by atoms with Crippen molar-refractivity contribution in [2.45, 2.75) is 156 Å². The molecule has 0 bridgehead atoms. The molecular weight excluding hydrogens is 634 g/mol. The molecule has 3 saturated carbocycles. The minimum Gasteiger partial charge on any atom is -0.479 e. The van der Waals surface area contributed by atoms with Gasteiger partial charge in [-0.2, -0.15) is 0 Å². The molecule has 4 amide bonds. The Hall–Kier alpha value is -2.95. The number of rotatable bonds is 10. The van der Waals surface area contributed by atoms with E-state index in [0.717, 1.165) is 45.1 Å². The van der Waals surface area contributed by atoms with E-state index >= 15 is 0 Å². The van der Waals surface area contributed by atoms with E-state index in [2.05, 4.69) is 55.1 Å². The molecule has 2 heterocycles. The number of carbonyl (C=O) groups is 5. The van der Waals surface area contributed by atoms with Crippen LogP contribution in [-0.2, 0) is 24.0 Å². The average Bonchev–Trinajstić information content (AvgIpc) is 3.72. The second kappa shape index (κ2) is 12.6. The molecule has 0 radical (unpaired) electrons. The molecule has 0 unspecified atom stereocenters. The van der Waals surface area contributed by atoms with E-state index in [-0.39, 0.29) is 52.5 Å². The summed E-state index contributed by atoms with van der Waals surface area (Å²) in [5.41, 5.74) is -3.15. The summed E-state index contributed by atoms with van der Waals surface area (Å²) in [6.07, 6.45) is 8.15. The highest BCUT2D eigenvalue weighted by molar-refractivity contribution is 5.98. The number of piperidine rings is 1. The first-order valence-electron chi connectivity index (χ1n) is 18.9. The Balaban J connectivity index is 1.42. The molecule has 2 aliphatic heterocycles. The quantitative estimate of drug-likeness (QED) is 0.250. The van der Waals surface area contributed by atoms with Gasteiger partial charge in [0.25, 0.3) is 0 Å². The smallest absolute Gasteiger partial charge is 0.330 e. The molecule has 0 aromatic carbocycles. The Morgan fingerprint density at radius 3 is 1.92 bits per heavy atom. The van der Waals surface area contributed by atoms with Gasteiger partial charge in [-0.3, -0.25) is 24.1 Å². The maximum atomic E-state index is 14.9. The summed E-state index contributed by atoms with van der Waals surface area (Å²) in [5, 5.41) is 19.0. The zero-order valence-corrected chi connectivity index (χ0v) is 32.2. The van der Waals surface area contributed by atoms with Crippen LogP contribution in [0.5, 0.6) is 0 Å². The lowest BCUT2D eigenvalue weighted by molar-refractivity contribution is -0.147. The molecular formula is C39H63N5O6. The fourth-order valence-corrected chi connectivity index (χ4v) is 10.2. The molecule has 50 heavy (non-hydrogen) atoms. The zero-order chi connectivity index (χ0) is 37.4. The maximum absolute atomic E-state index is 14.9. The van der Waals surface area contributed by atoms with Crippen molar-refractivity contribution in [2.75, 3.05) is 13.1 Å². The van der Waals surface area contributed by atoms with Gasteiger partial charge in [-0.1, -0.05) is 74.3 Å². The molecule has 11 heteroatoms. The van der Waals surface area contributed by atoms with Crippen LogP contribution in [0.25, 0.3) is 0 Å². The van der Waals surface area contributed by atoms with Gasteiger partial charge in [0.1, 0.15) is 23.7 Å². The first kappa shape index (κ1) is 38.3. The second-order valence-electron chi connectivity index (χ2n) is 19.1. The highest BCUT2D eigenvalue weighted by Gasteiger charge is 2.85. The van der Waals surface area contributed by atoms with Crippen molar-refractivity contribution < 1.29 is 29.1 Å². The van der Waals surface area contributed by atoms with Crippen LogP contribution in [0.4, 0.5) is 0 Å². The lowest BCUT2D eigenvalue weighted by Gasteiger charge is -2.40. The fraction of sp³-hybridized carbons (Fsp3) is 0.821. The second-order valence-corrected chi connectivity index (χ2v) is 19.1. The van der Waals surface area contributed by atoms with Gasteiger partial charge in [0.15, 0.2) is 0 Å². The van der Waals surface area contributed by atoms with Crippen LogP contribution in [0.3, 0.4) is 0 Å². The van der Waals surface area contributed by atoms with Gasteiger partial charge in [0.05, 0.1) is 6.04 Å². The average molecular weight is 698 g/mol. The lowest BCUT2D eigenvalue weighted by atomic mass is 9.73. The number of carboxylic acid groups (broad SMARTS) is 1. The third-order valence-corrected chi connectivity index (χ3v) is 13.7. The van der Waals surface area contributed by atoms with Crippen molar-refractivity contribution in [1.82, 2.24) is 25.8 Å². The predicted octanol–water partition coefficient (Wildman–Crippen LogP) is 4.25. The molecule has 3 aliphatic carbocycles. The van der Waals surface area contributed by atoms with E-state index in [0.29, 0.717) is 13.0 Å². The van der Waals surface area contributed by atoms with Crippen LogP contribution < -0.4 is 16.0 Å². The fourth-order valence-electron chi connectivity index (χ4n) is 10.2. The van der Waals surface area contributed by atoms with Crippen molar-refractivity contribution in [2.24, 2.45) is 33.0 Å². The third kappa shape index (κ3) is 5.97. The maximum Gasteiger partial charge on any atom is 0.330 e. The minimum absolute atomic E-state index is 0.0341. The molecule has 4 N–H and O–H groups in total. The van der Waals surface area contributed by atoms with Crippen LogP contribution in [0.1, 0.15) is 121 Å². The number of carbonyl (C=O) groups excluding carboxylic acids is 4. The Morgan fingerprint density at radius 1 is 0.840 bits per heavy atom. The highest BCUT2D eigenvalue weighted by atomic mass is 16.4. The number of carboxylic acids is 1. The van der Waals surface area contributed by atoms with Crippen LogP contribution in [-0.4, -0.2) is 93.3 Å². The summed E-state index contributed by atoms with van der Waals surface area (Å²) in [4.78, 5) is 73.3. The van der Waals surface area contributed by atoms with Gasteiger partial charge in [0.2, 0.25) is 23.6 Å². The molecule has 0 aromatic rings. The third-order valence-electron chi connectivity index (χ3n) is 13.7. The van der Waals surface area contributed by atoms with E-state index in [4.69, 9.17) is 0 Å². The first-order valence-corrected chi connectivity index (χ1v) is 18.9. The molecule has 5 fully saturated rings. The predicted molar refractivity (Wildman–Crippen MR) is 192 cm³/mol. The van der Waals surface area contributed by atoms with Crippen molar-refractivity contribution >= 4 is 29.6 Å². The number of aliphatic carboxylic acids is 1. The largest absolute Gasteiger partial charge is 0.479 e. The number of nitrogens with zero attached hydrogens (tertiary/aromatic N) is 2. The lowest BCUT2D eigenvalue weighted by Crippen LogP contribution is -2.64. The normalized spacial score (nSPS) is 32.5. The molecule has 5 rings (SSSR count). The standard InChI is InChI=1S/C39H63N5O6/c1-12-24-20-39(24,33(49)50)42-30(46)26-21-38(36(10,11)37(38)17-15-18-37)22-44(26)32(48)28(35(7,8)9)41-31(47)27(34(4,5)6)40-29(45)25-16-13-14-19-43(25)23(2)3/h12,23-28H,1,13-22H2,2-11H3,(H,40,45)(H,41,47)(H,42,46)(H,49,50)/t24-,25+,26+,27-,28-,38-,39-/m1/s1.